The Morgan fingerprint density at radius 2 is 1.95 bits per heavy atom. The first-order chi connectivity index (χ1) is 10.8. The van der Waals surface area contributed by atoms with Gasteiger partial charge in [-0.25, -0.2) is 15.0 Å². The van der Waals surface area contributed by atoms with Crippen molar-refractivity contribution in [2.75, 3.05) is 10.9 Å². The molecule has 0 aliphatic carbocycles. The van der Waals surface area contributed by atoms with Gasteiger partial charge in [-0.2, -0.15) is 0 Å². The van der Waals surface area contributed by atoms with E-state index in [0.29, 0.717) is 0 Å². The average Bonchev–Trinajstić information content (AvgIpc) is 3.07. The molecule has 22 heavy (non-hydrogen) atoms. The second-order valence-electron chi connectivity index (χ2n) is 4.24. The molecule has 0 fully saturated rings. The Bertz CT molecular complexity index is 774. The summed E-state index contributed by atoms with van der Waals surface area (Å²) >= 11 is 0. The molecule has 2 N–H and O–H groups in total. The number of hydrogen-bond acceptors (Lipinski definition) is 7. The molecule has 0 aliphatic heterocycles. The van der Waals surface area contributed by atoms with Crippen LogP contribution in [0.4, 0.5) is 17.2 Å². The van der Waals surface area contributed by atoms with E-state index < -0.39 is 4.92 Å². The Morgan fingerprint density at radius 3 is 2.64 bits per heavy atom. The Labute approximate surface area is 124 Å². The Balaban J connectivity index is 1.94. The van der Waals surface area contributed by atoms with Crippen LogP contribution in [0, 0.1) is 10.1 Å². The van der Waals surface area contributed by atoms with Crippen LogP contribution in [0.2, 0.25) is 0 Å². The minimum Gasteiger partial charge on any atom is -0.299 e. The molecule has 2 heterocycles. The van der Waals surface area contributed by atoms with Crippen LogP contribution in [-0.4, -0.2) is 24.4 Å². The number of hydrogen-bond donors (Lipinski definition) is 2. The molecular weight excluding hydrogens is 286 g/mol. The summed E-state index contributed by atoms with van der Waals surface area (Å²) in [7, 11) is 0. The summed E-state index contributed by atoms with van der Waals surface area (Å²) in [5.74, 6) is 0.197. The highest BCUT2D eigenvalue weighted by atomic mass is 16.6. The Hall–Kier alpha value is -3.49. The van der Waals surface area contributed by atoms with Crippen molar-refractivity contribution >= 4 is 17.2 Å². The highest BCUT2D eigenvalue weighted by Crippen LogP contribution is 2.27. The first-order valence-corrected chi connectivity index (χ1v) is 6.30. The first kappa shape index (κ1) is 13.5. The third-order valence-corrected chi connectivity index (χ3v) is 2.83. The second kappa shape index (κ2) is 5.87. The maximum Gasteiger partial charge on any atom is 0.355 e. The van der Waals surface area contributed by atoms with Gasteiger partial charge in [0.15, 0.2) is 0 Å². The van der Waals surface area contributed by atoms with Crippen molar-refractivity contribution in [3.05, 3.63) is 65.5 Å². The van der Waals surface area contributed by atoms with Crippen LogP contribution in [0.15, 0.2) is 55.4 Å². The van der Waals surface area contributed by atoms with Gasteiger partial charge in [-0.05, 0) is 12.1 Å². The van der Waals surface area contributed by atoms with Crippen molar-refractivity contribution < 1.29 is 4.92 Å². The van der Waals surface area contributed by atoms with E-state index >= 15 is 0 Å². The predicted octanol–water partition coefficient (Wildman–Crippen LogP) is 2.01. The maximum absolute atomic E-state index is 11.4. The molecule has 0 radical (unpaired) electrons. The summed E-state index contributed by atoms with van der Waals surface area (Å²) in [6, 6.07) is 9.19. The topological polar surface area (TPSA) is 111 Å². The fraction of sp³-hybridized carbons (Fsp3) is 0. The molecule has 0 unspecified atom stereocenters. The lowest BCUT2D eigenvalue weighted by Gasteiger charge is -2.10. The van der Waals surface area contributed by atoms with Gasteiger partial charge in [0.25, 0.3) is 0 Å². The van der Waals surface area contributed by atoms with Gasteiger partial charge in [0.2, 0.25) is 11.6 Å². The average molecular weight is 297 g/mol. The zero-order chi connectivity index (χ0) is 15.4. The summed E-state index contributed by atoms with van der Waals surface area (Å²) in [5.41, 5.74) is 6.10. The monoisotopic (exact) mass is 297 g/mol. The predicted molar refractivity (Wildman–Crippen MR) is 79.5 cm³/mol. The summed E-state index contributed by atoms with van der Waals surface area (Å²) in [6.45, 7) is 0. The highest BCUT2D eigenvalue weighted by molar-refractivity contribution is 5.66. The number of anilines is 2. The van der Waals surface area contributed by atoms with Crippen LogP contribution in [0.5, 0.6) is 0 Å². The van der Waals surface area contributed by atoms with Crippen LogP contribution < -0.4 is 10.9 Å². The number of imidazole rings is 1. The van der Waals surface area contributed by atoms with Gasteiger partial charge in [0.1, 0.15) is 12.7 Å². The standard InChI is InChI=1S/C13H11N7O2/c21-20(22)11-12(18-17-10-4-2-1-3-5-10)15-8-16-13(11)19-7-6-14-9-19/h1-9,17H,(H,15,16,18). The van der Waals surface area contributed by atoms with Crippen molar-refractivity contribution in [3.63, 3.8) is 0 Å². The smallest absolute Gasteiger partial charge is 0.299 e. The quantitative estimate of drug-likeness (QED) is 0.547. The highest BCUT2D eigenvalue weighted by Gasteiger charge is 2.24. The molecule has 3 rings (SSSR count). The minimum absolute atomic E-state index is 0.0625. The molecule has 0 atom stereocenters. The molecule has 2 aromatic heterocycles. The number of benzene rings is 1. The van der Waals surface area contributed by atoms with Gasteiger partial charge in [0.05, 0.1) is 10.6 Å². The second-order valence-corrected chi connectivity index (χ2v) is 4.24. The van der Waals surface area contributed by atoms with Gasteiger partial charge in [-0.1, -0.05) is 18.2 Å². The fourth-order valence-electron chi connectivity index (χ4n) is 1.86. The van der Waals surface area contributed by atoms with E-state index in [1.165, 1.54) is 23.4 Å². The van der Waals surface area contributed by atoms with E-state index in [-0.39, 0.29) is 17.3 Å². The molecule has 110 valence electrons. The van der Waals surface area contributed by atoms with Crippen LogP contribution >= 0.6 is 0 Å². The van der Waals surface area contributed by atoms with E-state index in [0.717, 1.165) is 5.69 Å². The summed E-state index contributed by atoms with van der Waals surface area (Å²) < 4.78 is 1.45. The molecule has 0 saturated heterocycles. The number of hydrazine groups is 1. The van der Waals surface area contributed by atoms with Gasteiger partial charge in [0, 0.05) is 12.4 Å². The molecule has 0 spiro atoms. The first-order valence-electron chi connectivity index (χ1n) is 6.30. The number of rotatable bonds is 5. The van der Waals surface area contributed by atoms with Crippen molar-refractivity contribution in [1.29, 1.82) is 0 Å². The van der Waals surface area contributed by atoms with Crippen LogP contribution in [0.3, 0.4) is 0 Å². The van der Waals surface area contributed by atoms with Crippen molar-refractivity contribution in [3.8, 4) is 5.82 Å². The minimum atomic E-state index is -0.537. The molecule has 9 nitrogen and oxygen atoms in total. The van der Waals surface area contributed by atoms with Crippen LogP contribution in [0.25, 0.3) is 5.82 Å². The maximum atomic E-state index is 11.4. The zero-order valence-corrected chi connectivity index (χ0v) is 11.2. The molecule has 9 heteroatoms. The van der Waals surface area contributed by atoms with Gasteiger partial charge in [-0.3, -0.25) is 25.5 Å². The van der Waals surface area contributed by atoms with Crippen LogP contribution in [-0.2, 0) is 0 Å². The number of para-hydroxylation sites is 1. The molecule has 0 bridgehead atoms. The lowest BCUT2D eigenvalue weighted by molar-refractivity contribution is -0.384. The number of nitrogens with one attached hydrogen (secondary N) is 2. The van der Waals surface area contributed by atoms with E-state index in [9.17, 15) is 10.1 Å². The van der Waals surface area contributed by atoms with E-state index in [1.807, 2.05) is 30.3 Å². The van der Waals surface area contributed by atoms with Crippen molar-refractivity contribution in [2.45, 2.75) is 0 Å². The summed E-state index contributed by atoms with van der Waals surface area (Å²) in [5, 5.41) is 11.4. The molecule has 0 aliphatic rings. The normalized spacial score (nSPS) is 10.2. The van der Waals surface area contributed by atoms with Crippen LogP contribution in [0.1, 0.15) is 0 Å². The third kappa shape index (κ3) is 2.68. The molecule has 0 saturated carbocycles. The van der Waals surface area contributed by atoms with Gasteiger partial charge >= 0.3 is 5.69 Å². The third-order valence-electron chi connectivity index (χ3n) is 2.83. The molecule has 0 amide bonds. The molecule has 3 aromatic rings. The largest absolute Gasteiger partial charge is 0.355 e. The van der Waals surface area contributed by atoms with Crippen molar-refractivity contribution in [2.24, 2.45) is 0 Å². The summed E-state index contributed by atoms with van der Waals surface area (Å²) in [6.07, 6.45) is 5.77. The molecular formula is C13H11N7O2. The Morgan fingerprint density at radius 1 is 1.14 bits per heavy atom. The summed E-state index contributed by atoms with van der Waals surface area (Å²) in [4.78, 5) is 22.6. The van der Waals surface area contributed by atoms with E-state index in [4.69, 9.17) is 0 Å². The van der Waals surface area contributed by atoms with E-state index in [2.05, 4.69) is 25.8 Å². The number of nitrogens with zero attached hydrogens (tertiary/aromatic N) is 5. The fourth-order valence-corrected chi connectivity index (χ4v) is 1.86. The number of aromatic nitrogens is 4. The van der Waals surface area contributed by atoms with Gasteiger partial charge in [-0.15, -0.1) is 0 Å². The Kier molecular flexibility index (Phi) is 3.60. The van der Waals surface area contributed by atoms with E-state index in [1.54, 1.807) is 6.20 Å². The number of nitro groups is 1. The molecule has 1 aromatic carbocycles. The SMILES string of the molecule is O=[N+]([O-])c1c(NNc2ccccc2)ncnc1-n1ccnc1. The van der Waals surface area contributed by atoms with Gasteiger partial charge < -0.3 is 0 Å². The zero-order valence-electron chi connectivity index (χ0n) is 11.2. The lowest BCUT2D eigenvalue weighted by Crippen LogP contribution is -2.14. The van der Waals surface area contributed by atoms with Crippen molar-refractivity contribution in [1.82, 2.24) is 19.5 Å². The lowest BCUT2D eigenvalue weighted by atomic mass is 10.3.